The average Bonchev–Trinajstić information content (AvgIpc) is 2.93. The van der Waals surface area contributed by atoms with E-state index in [9.17, 15) is 9.59 Å². The first-order chi connectivity index (χ1) is 18.5. The van der Waals surface area contributed by atoms with Crippen molar-refractivity contribution >= 4 is 45.9 Å². The van der Waals surface area contributed by atoms with Crippen molar-refractivity contribution in [2.45, 2.75) is 19.4 Å². The lowest BCUT2D eigenvalue weighted by atomic mass is 9.93. The molecule has 8 nitrogen and oxygen atoms in total. The van der Waals surface area contributed by atoms with E-state index in [1.165, 1.54) is 0 Å². The molecule has 0 spiro atoms. The first kappa shape index (κ1) is 25.4. The van der Waals surface area contributed by atoms with Crippen molar-refractivity contribution in [3.63, 3.8) is 0 Å². The lowest BCUT2D eigenvalue weighted by Crippen LogP contribution is -2.43. The number of rotatable bonds is 6. The second-order valence-electron chi connectivity index (χ2n) is 8.95. The molecular formula is C29H29N5O3S. The summed E-state index contributed by atoms with van der Waals surface area (Å²) in [6.45, 7) is 2.68. The van der Waals surface area contributed by atoms with Crippen molar-refractivity contribution in [2.75, 3.05) is 35.4 Å². The molecule has 3 aromatic rings. The number of ether oxygens (including phenoxy) is 1. The summed E-state index contributed by atoms with van der Waals surface area (Å²) >= 11 is 1.71. The van der Waals surface area contributed by atoms with Crippen LogP contribution in [0.5, 0.6) is 5.75 Å². The molecule has 5 rings (SSSR count). The van der Waals surface area contributed by atoms with Crippen LogP contribution < -0.4 is 20.7 Å². The zero-order chi connectivity index (χ0) is 26.5. The van der Waals surface area contributed by atoms with Crippen LogP contribution in [0.2, 0.25) is 0 Å². The molecule has 3 amide bonds. The predicted octanol–water partition coefficient (Wildman–Crippen LogP) is 6.10. The number of hydrogen-bond donors (Lipinski definition) is 3. The number of carbonyl (C=O) groups excluding carboxylic acids is 2. The third-order valence-electron chi connectivity index (χ3n) is 6.32. The lowest BCUT2D eigenvalue weighted by molar-refractivity contribution is -0.113. The van der Waals surface area contributed by atoms with Crippen LogP contribution in [0.3, 0.4) is 0 Å². The number of urea groups is 1. The van der Waals surface area contributed by atoms with E-state index >= 15 is 0 Å². The smallest absolute Gasteiger partial charge is 0.323 e. The van der Waals surface area contributed by atoms with Crippen LogP contribution >= 0.6 is 11.8 Å². The Hall–Kier alpha value is -4.24. The Morgan fingerprint density at radius 3 is 2.39 bits per heavy atom. The number of thioether (sulfide) groups is 1. The number of aliphatic imine (C=N–C) groups is 1. The third-order valence-corrected chi connectivity index (χ3v) is 7.40. The van der Waals surface area contributed by atoms with Crippen molar-refractivity contribution < 1.29 is 14.3 Å². The largest absolute Gasteiger partial charge is 0.497 e. The molecule has 0 aliphatic carbocycles. The summed E-state index contributed by atoms with van der Waals surface area (Å²) in [5, 5.41) is 9.70. The number of para-hydroxylation sites is 1. The van der Waals surface area contributed by atoms with Crippen molar-refractivity contribution in [3.05, 3.63) is 95.7 Å². The van der Waals surface area contributed by atoms with E-state index in [0.29, 0.717) is 28.4 Å². The summed E-state index contributed by atoms with van der Waals surface area (Å²) in [6, 6.07) is 23.5. The topological polar surface area (TPSA) is 95.1 Å². The van der Waals surface area contributed by atoms with Gasteiger partial charge in [0.15, 0.2) is 5.17 Å². The molecule has 1 atom stereocenters. The normalized spacial score (nSPS) is 16.7. The molecule has 0 saturated carbocycles. The quantitative estimate of drug-likeness (QED) is 0.360. The summed E-state index contributed by atoms with van der Waals surface area (Å²) in [7, 11) is 1.58. The first-order valence-corrected chi connectivity index (χ1v) is 13.4. The Morgan fingerprint density at radius 2 is 1.63 bits per heavy atom. The third kappa shape index (κ3) is 5.68. The number of allylic oxidation sites excluding steroid dienone is 1. The van der Waals surface area contributed by atoms with Gasteiger partial charge in [0.1, 0.15) is 5.75 Å². The second kappa shape index (κ2) is 11.4. The zero-order valence-electron chi connectivity index (χ0n) is 21.2. The molecule has 194 valence electrons. The molecular weight excluding hydrogens is 498 g/mol. The van der Waals surface area contributed by atoms with E-state index < -0.39 is 0 Å². The van der Waals surface area contributed by atoms with E-state index in [-0.39, 0.29) is 18.0 Å². The van der Waals surface area contributed by atoms with Crippen LogP contribution in [0.4, 0.5) is 21.9 Å². The molecule has 3 aromatic carbocycles. The van der Waals surface area contributed by atoms with E-state index in [1.807, 2.05) is 73.7 Å². The Kier molecular flexibility index (Phi) is 7.65. The van der Waals surface area contributed by atoms with E-state index in [1.54, 1.807) is 31.0 Å². The number of hydrogen-bond acceptors (Lipinski definition) is 6. The predicted molar refractivity (Wildman–Crippen MR) is 154 cm³/mol. The highest BCUT2D eigenvalue weighted by molar-refractivity contribution is 8.13. The van der Waals surface area contributed by atoms with Gasteiger partial charge in [0, 0.05) is 35.4 Å². The summed E-state index contributed by atoms with van der Waals surface area (Å²) in [5.41, 5.74) is 4.16. The minimum atomic E-state index is -0.372. The molecule has 0 radical (unpaired) electrons. The van der Waals surface area contributed by atoms with Gasteiger partial charge in [-0.2, -0.15) is 0 Å². The molecule has 2 aliphatic heterocycles. The molecule has 1 fully saturated rings. The van der Waals surface area contributed by atoms with Crippen molar-refractivity contribution in [1.29, 1.82) is 0 Å². The van der Waals surface area contributed by atoms with Crippen molar-refractivity contribution in [2.24, 2.45) is 4.99 Å². The highest BCUT2D eigenvalue weighted by Crippen LogP contribution is 2.40. The minimum absolute atomic E-state index is 0.189. The fourth-order valence-corrected chi connectivity index (χ4v) is 5.63. The Bertz CT molecular complexity index is 1410. The van der Waals surface area contributed by atoms with E-state index in [2.05, 4.69) is 20.9 Å². The monoisotopic (exact) mass is 527 g/mol. The summed E-state index contributed by atoms with van der Waals surface area (Å²) in [6.07, 6.45) is 0.994. The van der Waals surface area contributed by atoms with E-state index in [0.717, 1.165) is 35.1 Å². The van der Waals surface area contributed by atoms with Gasteiger partial charge >= 0.3 is 6.03 Å². The molecule has 1 unspecified atom stereocenters. The average molecular weight is 528 g/mol. The van der Waals surface area contributed by atoms with Gasteiger partial charge in [0.25, 0.3) is 5.91 Å². The van der Waals surface area contributed by atoms with Crippen LogP contribution in [-0.4, -0.2) is 41.4 Å². The molecule has 9 heteroatoms. The van der Waals surface area contributed by atoms with Crippen LogP contribution in [0.1, 0.15) is 24.9 Å². The lowest BCUT2D eigenvalue weighted by Gasteiger charge is -2.41. The van der Waals surface area contributed by atoms with Crippen LogP contribution in [-0.2, 0) is 4.79 Å². The molecule has 0 bridgehead atoms. The number of amides is 3. The van der Waals surface area contributed by atoms with Crippen LogP contribution in [0.15, 0.2) is 95.1 Å². The van der Waals surface area contributed by atoms with Gasteiger partial charge in [-0.25, -0.2) is 9.79 Å². The number of fused-ring (bicyclic) bond motifs is 1. The molecule has 3 N–H and O–H groups in total. The number of nitrogens with one attached hydrogen (secondary N) is 3. The number of methoxy groups -OCH3 is 1. The standard InChI is InChI=1S/C29H29N5O3S/c1-19-25(27(35)31-21-10-4-3-5-11-21)26(34-15-8-16-38-29(34)30-19)20-9-6-12-22(17-20)32-28(36)33-23-13-7-14-24(18-23)37-2/h3-7,9-14,17-18,26H,8,15-16H2,1-2H3,(H,31,35)(H2,32,33,36). The van der Waals surface area contributed by atoms with Crippen LogP contribution in [0, 0.1) is 0 Å². The maximum absolute atomic E-state index is 13.6. The zero-order valence-corrected chi connectivity index (χ0v) is 22.0. The van der Waals surface area contributed by atoms with Gasteiger partial charge in [-0.3, -0.25) is 4.79 Å². The minimum Gasteiger partial charge on any atom is -0.497 e. The molecule has 2 aliphatic rings. The molecule has 38 heavy (non-hydrogen) atoms. The molecule has 0 aromatic heterocycles. The van der Waals surface area contributed by atoms with Crippen molar-refractivity contribution in [1.82, 2.24) is 4.90 Å². The molecule has 2 heterocycles. The van der Waals surface area contributed by atoms with Gasteiger partial charge in [-0.15, -0.1) is 0 Å². The van der Waals surface area contributed by atoms with E-state index in [4.69, 9.17) is 9.73 Å². The second-order valence-corrected chi connectivity index (χ2v) is 10.0. The Labute approximate surface area is 226 Å². The van der Waals surface area contributed by atoms with Crippen molar-refractivity contribution in [3.8, 4) is 5.75 Å². The number of benzene rings is 3. The fraction of sp³-hybridized carbons (Fsp3) is 0.207. The Morgan fingerprint density at radius 1 is 0.921 bits per heavy atom. The van der Waals surface area contributed by atoms with Gasteiger partial charge < -0.3 is 25.6 Å². The summed E-state index contributed by atoms with van der Waals surface area (Å²) in [5.74, 6) is 1.46. The summed E-state index contributed by atoms with van der Waals surface area (Å²) in [4.78, 5) is 33.3. The highest BCUT2D eigenvalue weighted by Gasteiger charge is 2.37. The number of nitrogens with zero attached hydrogens (tertiary/aromatic N) is 2. The van der Waals surface area contributed by atoms with Gasteiger partial charge in [-0.05, 0) is 55.3 Å². The van der Waals surface area contributed by atoms with Crippen LogP contribution in [0.25, 0.3) is 0 Å². The number of carbonyl (C=O) groups is 2. The maximum Gasteiger partial charge on any atom is 0.323 e. The fourth-order valence-electron chi connectivity index (χ4n) is 4.61. The van der Waals surface area contributed by atoms with Gasteiger partial charge in [0.05, 0.1) is 24.4 Å². The number of anilines is 3. The SMILES string of the molecule is COc1cccc(NC(=O)Nc2cccc(C3C(C(=O)Nc4ccccc4)=C(C)N=C4SCCCN43)c2)c1. The maximum atomic E-state index is 13.6. The summed E-state index contributed by atoms with van der Waals surface area (Å²) < 4.78 is 5.23. The van der Waals surface area contributed by atoms with Gasteiger partial charge in [0.2, 0.25) is 0 Å². The molecule has 1 saturated heterocycles. The number of amidine groups is 1. The van der Waals surface area contributed by atoms with Gasteiger partial charge in [-0.1, -0.05) is 48.2 Å². The highest BCUT2D eigenvalue weighted by atomic mass is 32.2. The first-order valence-electron chi connectivity index (χ1n) is 12.4. The Balaban J connectivity index is 1.42.